The van der Waals surface area contributed by atoms with E-state index in [1.807, 2.05) is 11.8 Å². The van der Waals surface area contributed by atoms with Crippen LogP contribution in [0.2, 0.25) is 0 Å². The molecule has 0 N–H and O–H groups in total. The maximum atomic E-state index is 11.3. The van der Waals surface area contributed by atoms with Gasteiger partial charge in [-0.1, -0.05) is 34.8 Å². The largest absolute Gasteiger partial charge is 0.468 e. The minimum Gasteiger partial charge on any atom is -0.468 e. The zero-order valence-electron chi connectivity index (χ0n) is 11.5. The van der Waals surface area contributed by atoms with Crippen molar-refractivity contribution in [1.82, 2.24) is 0 Å². The van der Waals surface area contributed by atoms with E-state index in [1.54, 1.807) is 11.8 Å². The van der Waals surface area contributed by atoms with Crippen LogP contribution in [0.3, 0.4) is 0 Å². The van der Waals surface area contributed by atoms with Gasteiger partial charge in [0.05, 0.1) is 12.9 Å². The number of carbonyl (C=O) groups excluding carboxylic acids is 1. The number of carbonyl (C=O) groups is 1. The Morgan fingerprint density at radius 2 is 2.10 bits per heavy atom. The van der Waals surface area contributed by atoms with Crippen molar-refractivity contribution in [1.29, 1.82) is 0 Å². The fraction of sp³-hybridized carbons (Fsp3) is 0.533. The lowest BCUT2D eigenvalue weighted by Crippen LogP contribution is -2.25. The number of halogens is 1. The minimum absolute atomic E-state index is 0.119. The smallest absolute Gasteiger partial charge is 0.315 e. The molecule has 1 saturated carbocycles. The summed E-state index contributed by atoms with van der Waals surface area (Å²) >= 11 is 7.22. The number of esters is 1. The molecule has 1 aromatic rings. The summed E-state index contributed by atoms with van der Waals surface area (Å²) in [5.74, 6) is 0.350. The van der Waals surface area contributed by atoms with E-state index in [1.165, 1.54) is 37.7 Å². The second-order valence-electron chi connectivity index (χ2n) is 4.82. The highest BCUT2D eigenvalue weighted by Gasteiger charge is 2.27. The quantitative estimate of drug-likeness (QED) is 0.694. The van der Waals surface area contributed by atoms with Crippen molar-refractivity contribution in [2.75, 3.05) is 12.9 Å². The van der Waals surface area contributed by atoms with E-state index in [0.717, 1.165) is 4.47 Å². The van der Waals surface area contributed by atoms with Crippen LogP contribution in [0.4, 0.5) is 0 Å². The lowest BCUT2D eigenvalue weighted by Gasteiger charge is -2.30. The Morgan fingerprint density at radius 1 is 1.35 bits per heavy atom. The molecule has 0 aliphatic heterocycles. The summed E-state index contributed by atoms with van der Waals surface area (Å²) in [5, 5.41) is 1.14. The van der Waals surface area contributed by atoms with Crippen LogP contribution in [0.1, 0.15) is 25.7 Å². The molecule has 0 aromatic heterocycles. The number of ether oxygens (including phenoxy) is 1. The van der Waals surface area contributed by atoms with Crippen molar-refractivity contribution >= 4 is 45.4 Å². The maximum absolute atomic E-state index is 11.3. The predicted octanol–water partition coefficient (Wildman–Crippen LogP) is 4.76. The first kappa shape index (κ1) is 16.2. The molecule has 1 fully saturated rings. The van der Waals surface area contributed by atoms with Gasteiger partial charge >= 0.3 is 5.97 Å². The molecule has 20 heavy (non-hydrogen) atoms. The molecular weight excluding hydrogens is 356 g/mol. The van der Waals surface area contributed by atoms with Gasteiger partial charge in [-0.25, -0.2) is 0 Å². The van der Waals surface area contributed by atoms with Crippen LogP contribution in [0.5, 0.6) is 0 Å². The lowest BCUT2D eigenvalue weighted by atomic mass is 10.00. The monoisotopic (exact) mass is 374 g/mol. The van der Waals surface area contributed by atoms with Gasteiger partial charge in [-0.3, -0.25) is 4.79 Å². The normalized spacial score (nSPS) is 22.5. The highest BCUT2D eigenvalue weighted by Crippen LogP contribution is 2.39. The molecule has 1 aromatic carbocycles. The predicted molar refractivity (Wildman–Crippen MR) is 90.5 cm³/mol. The van der Waals surface area contributed by atoms with Crippen LogP contribution in [-0.4, -0.2) is 29.3 Å². The Balaban J connectivity index is 1.94. The maximum Gasteiger partial charge on any atom is 0.315 e. The van der Waals surface area contributed by atoms with Gasteiger partial charge in [-0.2, -0.15) is 0 Å². The molecule has 1 aliphatic carbocycles. The second-order valence-corrected chi connectivity index (χ2v) is 8.28. The first-order chi connectivity index (χ1) is 9.69. The molecule has 0 bridgehead atoms. The van der Waals surface area contributed by atoms with Gasteiger partial charge in [0.1, 0.15) is 0 Å². The van der Waals surface area contributed by atoms with Gasteiger partial charge in [-0.15, -0.1) is 23.5 Å². The Morgan fingerprint density at radius 3 is 2.80 bits per heavy atom. The summed E-state index contributed by atoms with van der Waals surface area (Å²) in [6, 6.07) is 8.45. The highest BCUT2D eigenvalue weighted by molar-refractivity contribution is 9.10. The number of rotatable bonds is 5. The molecule has 5 heteroatoms. The molecule has 0 heterocycles. The van der Waals surface area contributed by atoms with Gasteiger partial charge in [-0.05, 0) is 31.0 Å². The number of hydrogen-bond acceptors (Lipinski definition) is 4. The van der Waals surface area contributed by atoms with E-state index in [0.29, 0.717) is 16.3 Å². The SMILES string of the molecule is COC(=O)CS[C@@H]1CCCC[C@H]1Sc1cccc(Br)c1. The van der Waals surface area contributed by atoms with Crippen molar-refractivity contribution in [2.24, 2.45) is 0 Å². The van der Waals surface area contributed by atoms with Gasteiger partial charge in [0, 0.05) is 19.9 Å². The molecule has 0 saturated heterocycles. The molecule has 0 amide bonds. The second kappa shape index (κ2) is 8.35. The molecule has 2 nitrogen and oxygen atoms in total. The zero-order chi connectivity index (χ0) is 14.4. The number of hydrogen-bond donors (Lipinski definition) is 0. The van der Waals surface area contributed by atoms with Crippen molar-refractivity contribution in [3.63, 3.8) is 0 Å². The van der Waals surface area contributed by atoms with Crippen molar-refractivity contribution < 1.29 is 9.53 Å². The molecule has 0 spiro atoms. The third-order valence-corrected chi connectivity index (χ3v) is 6.82. The number of thioether (sulfide) groups is 2. The Bertz CT molecular complexity index is 453. The average molecular weight is 375 g/mol. The molecule has 0 unspecified atom stereocenters. The Labute approximate surface area is 137 Å². The fourth-order valence-electron chi connectivity index (χ4n) is 2.34. The topological polar surface area (TPSA) is 26.3 Å². The molecule has 2 rings (SSSR count). The van der Waals surface area contributed by atoms with Crippen LogP contribution >= 0.6 is 39.5 Å². The summed E-state index contributed by atoms with van der Waals surface area (Å²) in [4.78, 5) is 12.6. The molecular formula is C15H19BrO2S2. The van der Waals surface area contributed by atoms with Gasteiger partial charge in [0.2, 0.25) is 0 Å². The van der Waals surface area contributed by atoms with Crippen molar-refractivity contribution in [2.45, 2.75) is 41.1 Å². The van der Waals surface area contributed by atoms with E-state index in [9.17, 15) is 4.79 Å². The fourth-order valence-corrected chi connectivity index (χ4v) is 5.72. The van der Waals surface area contributed by atoms with E-state index < -0.39 is 0 Å². The van der Waals surface area contributed by atoms with Gasteiger partial charge < -0.3 is 4.74 Å². The molecule has 1 aliphatic rings. The first-order valence-electron chi connectivity index (χ1n) is 6.79. The van der Waals surface area contributed by atoms with Crippen LogP contribution in [0.25, 0.3) is 0 Å². The summed E-state index contributed by atoms with van der Waals surface area (Å²) in [5.41, 5.74) is 0. The van der Waals surface area contributed by atoms with E-state index in [2.05, 4.69) is 40.2 Å². The lowest BCUT2D eigenvalue weighted by molar-refractivity contribution is -0.137. The van der Waals surface area contributed by atoms with Crippen LogP contribution in [-0.2, 0) is 9.53 Å². The van der Waals surface area contributed by atoms with Crippen molar-refractivity contribution in [3.05, 3.63) is 28.7 Å². The van der Waals surface area contributed by atoms with Gasteiger partial charge in [0.25, 0.3) is 0 Å². The van der Waals surface area contributed by atoms with Crippen LogP contribution < -0.4 is 0 Å². The van der Waals surface area contributed by atoms with Crippen LogP contribution in [0, 0.1) is 0 Å². The van der Waals surface area contributed by atoms with E-state index in [4.69, 9.17) is 4.74 Å². The third kappa shape index (κ3) is 5.01. The standard InChI is InChI=1S/C15H19BrO2S2/c1-18-15(17)10-19-13-7-2-3-8-14(13)20-12-6-4-5-11(16)9-12/h4-6,9,13-14H,2-3,7-8,10H2,1H3/t13-,14-/m1/s1. The summed E-state index contributed by atoms with van der Waals surface area (Å²) < 4.78 is 5.86. The summed E-state index contributed by atoms with van der Waals surface area (Å²) in [6.45, 7) is 0. The van der Waals surface area contributed by atoms with Gasteiger partial charge in [0.15, 0.2) is 0 Å². The molecule has 2 atom stereocenters. The molecule has 110 valence electrons. The van der Waals surface area contributed by atoms with Crippen molar-refractivity contribution in [3.8, 4) is 0 Å². The summed E-state index contributed by atoms with van der Waals surface area (Å²) in [6.07, 6.45) is 5.00. The molecule has 0 radical (unpaired) electrons. The van der Waals surface area contributed by atoms with E-state index in [-0.39, 0.29) is 5.97 Å². The number of methoxy groups -OCH3 is 1. The Kier molecular flexibility index (Phi) is 6.78. The van der Waals surface area contributed by atoms with E-state index >= 15 is 0 Å². The highest BCUT2D eigenvalue weighted by atomic mass is 79.9. The zero-order valence-corrected chi connectivity index (χ0v) is 14.7. The first-order valence-corrected chi connectivity index (χ1v) is 9.52. The number of benzene rings is 1. The Hall–Kier alpha value is -0.130. The van der Waals surface area contributed by atoms with Crippen LogP contribution in [0.15, 0.2) is 33.6 Å². The average Bonchev–Trinajstić information content (AvgIpc) is 2.46. The summed E-state index contributed by atoms with van der Waals surface area (Å²) in [7, 11) is 1.46. The third-order valence-electron chi connectivity index (χ3n) is 3.37. The minimum atomic E-state index is -0.119.